The van der Waals surface area contributed by atoms with Crippen LogP contribution in [0.1, 0.15) is 36.6 Å². The first-order chi connectivity index (χ1) is 13.5. The highest BCUT2D eigenvalue weighted by Gasteiger charge is 2.20. The highest BCUT2D eigenvalue weighted by Crippen LogP contribution is 2.31. The Kier molecular flexibility index (Phi) is 5.92. The summed E-state index contributed by atoms with van der Waals surface area (Å²) in [7, 11) is 1.56. The molecule has 0 bridgehead atoms. The predicted molar refractivity (Wildman–Crippen MR) is 106 cm³/mol. The summed E-state index contributed by atoms with van der Waals surface area (Å²) in [4.78, 5) is 16.7. The number of carbonyl (C=O) groups is 1. The number of methoxy groups -OCH3 is 1. The molecule has 0 unspecified atom stereocenters. The highest BCUT2D eigenvalue weighted by molar-refractivity contribution is 5.85. The number of amides is 1. The van der Waals surface area contributed by atoms with Gasteiger partial charge in [0.15, 0.2) is 5.65 Å². The van der Waals surface area contributed by atoms with Crippen LogP contribution in [0.4, 0.5) is 4.39 Å². The van der Waals surface area contributed by atoms with E-state index in [-0.39, 0.29) is 11.7 Å². The smallest absolute Gasteiger partial charge is 0.220 e. The maximum Gasteiger partial charge on any atom is 0.220 e. The van der Waals surface area contributed by atoms with Crippen molar-refractivity contribution in [3.05, 3.63) is 46.9 Å². The van der Waals surface area contributed by atoms with Gasteiger partial charge in [-0.3, -0.25) is 4.79 Å². The van der Waals surface area contributed by atoms with Gasteiger partial charge < -0.3 is 10.1 Å². The lowest BCUT2D eigenvalue weighted by molar-refractivity contribution is -0.121. The van der Waals surface area contributed by atoms with E-state index in [0.29, 0.717) is 36.6 Å². The molecule has 0 saturated carbocycles. The van der Waals surface area contributed by atoms with E-state index in [0.717, 1.165) is 28.6 Å². The number of fused-ring (bicyclic) bond motifs is 1. The zero-order valence-corrected chi connectivity index (χ0v) is 16.7. The lowest BCUT2D eigenvalue weighted by atomic mass is 10.0. The molecule has 2 heterocycles. The normalized spacial score (nSPS) is 11.0. The minimum atomic E-state index is -0.336. The second-order valence-corrected chi connectivity index (χ2v) is 6.75. The SMILES string of the molecule is CCCNC(=O)CCc1c(OC)nc2c(c(C)nn2-c2cccc(F)c2)c1C. The van der Waals surface area contributed by atoms with Crippen molar-refractivity contribution in [2.24, 2.45) is 0 Å². The topological polar surface area (TPSA) is 69.0 Å². The van der Waals surface area contributed by atoms with E-state index >= 15 is 0 Å². The fourth-order valence-electron chi connectivity index (χ4n) is 3.37. The molecule has 0 spiro atoms. The second kappa shape index (κ2) is 8.37. The number of aromatic nitrogens is 3. The summed E-state index contributed by atoms with van der Waals surface area (Å²) in [6.07, 6.45) is 1.79. The van der Waals surface area contributed by atoms with Crippen LogP contribution in [0.25, 0.3) is 16.7 Å². The van der Waals surface area contributed by atoms with E-state index in [4.69, 9.17) is 4.74 Å². The Morgan fingerprint density at radius 2 is 2.11 bits per heavy atom. The van der Waals surface area contributed by atoms with E-state index in [1.54, 1.807) is 23.9 Å². The average molecular weight is 384 g/mol. The predicted octanol–water partition coefficient (Wildman–Crippen LogP) is 3.64. The van der Waals surface area contributed by atoms with E-state index in [2.05, 4.69) is 15.4 Å². The van der Waals surface area contributed by atoms with Crippen molar-refractivity contribution in [1.29, 1.82) is 0 Å². The Bertz CT molecular complexity index is 1010. The van der Waals surface area contributed by atoms with Crippen LogP contribution in [0.3, 0.4) is 0 Å². The van der Waals surface area contributed by atoms with Gasteiger partial charge in [0, 0.05) is 23.9 Å². The first-order valence-corrected chi connectivity index (χ1v) is 9.41. The second-order valence-electron chi connectivity index (χ2n) is 6.75. The number of benzene rings is 1. The van der Waals surface area contributed by atoms with Crippen LogP contribution in [-0.2, 0) is 11.2 Å². The molecule has 3 rings (SSSR count). The summed E-state index contributed by atoms with van der Waals surface area (Å²) in [6.45, 7) is 6.57. The number of nitrogens with zero attached hydrogens (tertiary/aromatic N) is 3. The fourth-order valence-corrected chi connectivity index (χ4v) is 3.37. The maximum absolute atomic E-state index is 13.7. The first-order valence-electron chi connectivity index (χ1n) is 9.41. The number of nitrogens with one attached hydrogen (secondary N) is 1. The summed E-state index contributed by atoms with van der Waals surface area (Å²) in [5, 5.41) is 8.35. The molecular weight excluding hydrogens is 359 g/mol. The van der Waals surface area contributed by atoms with Gasteiger partial charge in [-0.25, -0.2) is 9.07 Å². The Morgan fingerprint density at radius 1 is 1.32 bits per heavy atom. The molecule has 0 aliphatic rings. The Labute approximate surface area is 163 Å². The van der Waals surface area contributed by atoms with E-state index < -0.39 is 0 Å². The Morgan fingerprint density at radius 3 is 2.79 bits per heavy atom. The molecule has 3 aromatic rings. The third kappa shape index (κ3) is 3.83. The first kappa shape index (κ1) is 19.8. The number of halogens is 1. The summed E-state index contributed by atoms with van der Waals surface area (Å²) < 4.78 is 20.8. The van der Waals surface area contributed by atoms with Crippen molar-refractivity contribution >= 4 is 16.9 Å². The quantitative estimate of drug-likeness (QED) is 0.675. The van der Waals surface area contributed by atoms with E-state index in [1.807, 2.05) is 20.8 Å². The van der Waals surface area contributed by atoms with Gasteiger partial charge in [-0.1, -0.05) is 13.0 Å². The van der Waals surface area contributed by atoms with Gasteiger partial charge in [-0.2, -0.15) is 10.1 Å². The number of aryl methyl sites for hydroxylation is 2. The van der Waals surface area contributed by atoms with Crippen molar-refractivity contribution in [2.45, 2.75) is 40.0 Å². The Hall–Kier alpha value is -2.96. The maximum atomic E-state index is 13.7. The number of rotatable bonds is 7. The van der Waals surface area contributed by atoms with Gasteiger partial charge in [-0.15, -0.1) is 0 Å². The highest BCUT2D eigenvalue weighted by atomic mass is 19.1. The third-order valence-electron chi connectivity index (χ3n) is 4.75. The largest absolute Gasteiger partial charge is 0.481 e. The van der Waals surface area contributed by atoms with Gasteiger partial charge >= 0.3 is 0 Å². The molecule has 1 aromatic carbocycles. The van der Waals surface area contributed by atoms with Crippen LogP contribution in [0.2, 0.25) is 0 Å². The van der Waals surface area contributed by atoms with Crippen LogP contribution in [0.5, 0.6) is 5.88 Å². The minimum absolute atomic E-state index is 0.00979. The van der Waals surface area contributed by atoms with Crippen LogP contribution in [0, 0.1) is 19.7 Å². The molecule has 0 fully saturated rings. The van der Waals surface area contributed by atoms with E-state index in [9.17, 15) is 9.18 Å². The minimum Gasteiger partial charge on any atom is -0.481 e. The average Bonchev–Trinajstić information content (AvgIpc) is 3.02. The molecule has 0 aliphatic carbocycles. The van der Waals surface area contributed by atoms with Gasteiger partial charge in [0.1, 0.15) is 5.82 Å². The molecule has 1 amide bonds. The molecule has 0 aliphatic heterocycles. The van der Waals surface area contributed by atoms with Crippen molar-refractivity contribution in [2.75, 3.05) is 13.7 Å². The molecule has 0 atom stereocenters. The third-order valence-corrected chi connectivity index (χ3v) is 4.75. The monoisotopic (exact) mass is 384 g/mol. The van der Waals surface area contributed by atoms with Gasteiger partial charge in [-0.05, 0) is 50.5 Å². The van der Waals surface area contributed by atoms with Crippen molar-refractivity contribution in [1.82, 2.24) is 20.1 Å². The number of hydrogen-bond acceptors (Lipinski definition) is 4. The summed E-state index contributed by atoms with van der Waals surface area (Å²) >= 11 is 0. The van der Waals surface area contributed by atoms with Crippen molar-refractivity contribution < 1.29 is 13.9 Å². The zero-order chi connectivity index (χ0) is 20.3. The number of hydrogen-bond donors (Lipinski definition) is 1. The van der Waals surface area contributed by atoms with Crippen LogP contribution < -0.4 is 10.1 Å². The molecule has 28 heavy (non-hydrogen) atoms. The Balaban J connectivity index is 2.05. The molecule has 6 nitrogen and oxygen atoms in total. The summed E-state index contributed by atoms with van der Waals surface area (Å²) in [6, 6.07) is 6.23. The lowest BCUT2D eigenvalue weighted by Crippen LogP contribution is -2.24. The fraction of sp³-hybridized carbons (Fsp3) is 0.381. The molecule has 0 saturated heterocycles. The van der Waals surface area contributed by atoms with Crippen LogP contribution in [0.15, 0.2) is 24.3 Å². The van der Waals surface area contributed by atoms with Crippen LogP contribution in [-0.4, -0.2) is 34.3 Å². The van der Waals surface area contributed by atoms with Gasteiger partial charge in [0.2, 0.25) is 11.8 Å². The number of ether oxygens (including phenoxy) is 1. The molecule has 148 valence electrons. The summed E-state index contributed by atoms with van der Waals surface area (Å²) in [5.41, 5.74) is 3.87. The molecule has 7 heteroatoms. The van der Waals surface area contributed by atoms with Crippen molar-refractivity contribution in [3.63, 3.8) is 0 Å². The molecule has 2 aromatic heterocycles. The van der Waals surface area contributed by atoms with Crippen molar-refractivity contribution in [3.8, 4) is 11.6 Å². The molecule has 0 radical (unpaired) electrons. The van der Waals surface area contributed by atoms with Gasteiger partial charge in [0.05, 0.1) is 18.5 Å². The van der Waals surface area contributed by atoms with Crippen LogP contribution >= 0.6 is 0 Å². The standard InChI is InChI=1S/C21H25FN4O2/c1-5-11-23-18(27)10-9-17-13(2)19-14(3)25-26(20(19)24-21(17)28-4)16-8-6-7-15(22)12-16/h6-8,12H,5,9-11H2,1-4H3,(H,23,27). The molecular formula is C21H25FN4O2. The lowest BCUT2D eigenvalue weighted by Gasteiger charge is -2.13. The van der Waals surface area contributed by atoms with E-state index in [1.165, 1.54) is 12.1 Å². The summed E-state index contributed by atoms with van der Waals surface area (Å²) in [5.74, 6) is 0.138. The zero-order valence-electron chi connectivity index (χ0n) is 16.7. The number of pyridine rings is 1. The molecule has 1 N–H and O–H groups in total. The van der Waals surface area contributed by atoms with Gasteiger partial charge in [0.25, 0.3) is 0 Å². The number of carbonyl (C=O) groups excluding carboxylic acids is 1.